The SMILES string of the molecule is COc1ccccc1CCN(CC(=O)N1CCN(c2ccccn2)CC1)C(C)=O. The number of rotatable bonds is 7. The van der Waals surface area contributed by atoms with Crippen molar-refractivity contribution in [2.75, 3.05) is 51.3 Å². The van der Waals surface area contributed by atoms with Crippen LogP contribution in [0.15, 0.2) is 48.7 Å². The van der Waals surface area contributed by atoms with E-state index in [1.165, 1.54) is 6.92 Å². The summed E-state index contributed by atoms with van der Waals surface area (Å²) in [5.41, 5.74) is 1.03. The van der Waals surface area contributed by atoms with E-state index in [0.717, 1.165) is 30.2 Å². The molecule has 0 aliphatic carbocycles. The lowest BCUT2D eigenvalue weighted by molar-refractivity contribution is -0.139. The number of amides is 2. The second-order valence-electron chi connectivity index (χ2n) is 7.06. The molecule has 2 amide bonds. The van der Waals surface area contributed by atoms with E-state index in [4.69, 9.17) is 4.74 Å². The van der Waals surface area contributed by atoms with Crippen molar-refractivity contribution in [1.29, 1.82) is 0 Å². The van der Waals surface area contributed by atoms with Gasteiger partial charge in [0.05, 0.1) is 13.7 Å². The van der Waals surface area contributed by atoms with Gasteiger partial charge in [0.1, 0.15) is 11.6 Å². The minimum absolute atomic E-state index is 0.0131. The van der Waals surface area contributed by atoms with Crippen molar-refractivity contribution in [1.82, 2.24) is 14.8 Å². The van der Waals surface area contributed by atoms with Crippen LogP contribution in [-0.2, 0) is 16.0 Å². The molecule has 0 spiro atoms. The average Bonchev–Trinajstić information content (AvgIpc) is 2.77. The number of ether oxygens (including phenoxy) is 1. The van der Waals surface area contributed by atoms with E-state index in [1.54, 1.807) is 18.2 Å². The van der Waals surface area contributed by atoms with Crippen LogP contribution in [0.3, 0.4) is 0 Å². The summed E-state index contributed by atoms with van der Waals surface area (Å²) in [6, 6.07) is 13.6. The molecule has 0 atom stereocenters. The molecule has 1 fully saturated rings. The molecule has 1 aliphatic heterocycles. The fourth-order valence-corrected chi connectivity index (χ4v) is 3.50. The first kappa shape index (κ1) is 20.6. The number of carbonyl (C=O) groups is 2. The number of nitrogens with zero attached hydrogens (tertiary/aromatic N) is 4. The van der Waals surface area contributed by atoms with E-state index in [0.29, 0.717) is 26.1 Å². The molecule has 1 saturated heterocycles. The number of para-hydroxylation sites is 1. The summed E-state index contributed by atoms with van der Waals surface area (Å²) >= 11 is 0. The highest BCUT2D eigenvalue weighted by Gasteiger charge is 2.24. The Kier molecular flexibility index (Phi) is 7.05. The summed E-state index contributed by atoms with van der Waals surface area (Å²) in [6.45, 7) is 4.84. The Balaban J connectivity index is 1.53. The van der Waals surface area contributed by atoms with Gasteiger partial charge in [-0.1, -0.05) is 24.3 Å². The number of piperazine rings is 1. The van der Waals surface area contributed by atoms with E-state index in [2.05, 4.69) is 9.88 Å². The molecule has 0 unspecified atom stereocenters. The van der Waals surface area contributed by atoms with Crippen molar-refractivity contribution < 1.29 is 14.3 Å². The molecule has 2 aromatic rings. The van der Waals surface area contributed by atoms with Gasteiger partial charge in [0.15, 0.2) is 0 Å². The Morgan fingerprint density at radius 1 is 1.07 bits per heavy atom. The quantitative estimate of drug-likeness (QED) is 0.714. The standard InChI is InChI=1S/C22H28N4O3/c1-18(27)26(12-10-19-7-3-4-8-20(19)29-2)17-22(28)25-15-13-24(14-16-25)21-9-5-6-11-23-21/h3-9,11H,10,12-17H2,1-2H3. The molecule has 3 rings (SSSR count). The first-order valence-electron chi connectivity index (χ1n) is 9.89. The van der Waals surface area contributed by atoms with Gasteiger partial charge in [0.2, 0.25) is 11.8 Å². The largest absolute Gasteiger partial charge is 0.496 e. The predicted molar refractivity (Wildman–Crippen MR) is 112 cm³/mol. The molecule has 7 nitrogen and oxygen atoms in total. The maximum Gasteiger partial charge on any atom is 0.242 e. The Hall–Kier alpha value is -3.09. The number of hydrogen-bond acceptors (Lipinski definition) is 5. The molecule has 0 N–H and O–H groups in total. The topological polar surface area (TPSA) is 66.0 Å². The minimum atomic E-state index is -0.0969. The molecular weight excluding hydrogens is 368 g/mol. The number of pyridine rings is 1. The van der Waals surface area contributed by atoms with Crippen LogP contribution < -0.4 is 9.64 Å². The molecule has 154 valence electrons. The molecule has 0 bridgehead atoms. The van der Waals surface area contributed by atoms with Crippen LogP contribution in [-0.4, -0.2) is 73.0 Å². The second-order valence-corrected chi connectivity index (χ2v) is 7.06. The lowest BCUT2D eigenvalue weighted by atomic mass is 10.1. The number of anilines is 1. The van der Waals surface area contributed by atoms with E-state index in [-0.39, 0.29) is 18.4 Å². The van der Waals surface area contributed by atoms with Crippen LogP contribution in [0, 0.1) is 0 Å². The Bertz CT molecular complexity index is 820. The van der Waals surface area contributed by atoms with E-state index < -0.39 is 0 Å². The zero-order valence-corrected chi connectivity index (χ0v) is 17.1. The number of hydrogen-bond donors (Lipinski definition) is 0. The van der Waals surface area contributed by atoms with Crippen LogP contribution in [0.2, 0.25) is 0 Å². The van der Waals surface area contributed by atoms with Crippen molar-refractivity contribution in [2.45, 2.75) is 13.3 Å². The number of aromatic nitrogens is 1. The van der Waals surface area contributed by atoms with Gasteiger partial charge in [-0.05, 0) is 30.2 Å². The van der Waals surface area contributed by atoms with Gasteiger partial charge in [-0.3, -0.25) is 9.59 Å². The summed E-state index contributed by atoms with van der Waals surface area (Å²) in [6.07, 6.45) is 2.42. The van der Waals surface area contributed by atoms with E-state index >= 15 is 0 Å². The molecule has 1 aromatic carbocycles. The van der Waals surface area contributed by atoms with Crippen LogP contribution in [0.25, 0.3) is 0 Å². The maximum absolute atomic E-state index is 12.8. The van der Waals surface area contributed by atoms with Crippen LogP contribution >= 0.6 is 0 Å². The van der Waals surface area contributed by atoms with Crippen molar-refractivity contribution in [3.8, 4) is 5.75 Å². The summed E-state index contributed by atoms with van der Waals surface area (Å²) in [5, 5.41) is 0. The molecule has 1 aliphatic rings. The maximum atomic E-state index is 12.8. The lowest BCUT2D eigenvalue weighted by Crippen LogP contribution is -2.52. The molecule has 1 aromatic heterocycles. The first-order chi connectivity index (χ1) is 14.1. The van der Waals surface area contributed by atoms with Gasteiger partial charge < -0.3 is 19.4 Å². The normalized spacial score (nSPS) is 13.9. The molecule has 2 heterocycles. The van der Waals surface area contributed by atoms with Crippen LogP contribution in [0.4, 0.5) is 5.82 Å². The molecule has 7 heteroatoms. The van der Waals surface area contributed by atoms with Crippen molar-refractivity contribution >= 4 is 17.6 Å². The second kappa shape index (κ2) is 9.91. The summed E-state index contributed by atoms with van der Waals surface area (Å²) in [4.78, 5) is 34.8. The zero-order chi connectivity index (χ0) is 20.6. The highest BCUT2D eigenvalue weighted by atomic mass is 16.5. The van der Waals surface area contributed by atoms with Gasteiger partial charge in [-0.2, -0.15) is 0 Å². The van der Waals surface area contributed by atoms with Crippen LogP contribution in [0.5, 0.6) is 5.75 Å². The third-order valence-corrected chi connectivity index (χ3v) is 5.22. The Morgan fingerprint density at radius 3 is 2.45 bits per heavy atom. The molecule has 0 radical (unpaired) electrons. The van der Waals surface area contributed by atoms with Crippen molar-refractivity contribution in [3.05, 3.63) is 54.2 Å². The van der Waals surface area contributed by atoms with Gasteiger partial charge >= 0.3 is 0 Å². The monoisotopic (exact) mass is 396 g/mol. The molecular formula is C22H28N4O3. The highest BCUT2D eigenvalue weighted by molar-refractivity contribution is 5.84. The highest BCUT2D eigenvalue weighted by Crippen LogP contribution is 2.18. The van der Waals surface area contributed by atoms with E-state index in [9.17, 15) is 9.59 Å². The summed E-state index contributed by atoms with van der Waals surface area (Å²) in [7, 11) is 1.63. The summed E-state index contributed by atoms with van der Waals surface area (Å²) < 4.78 is 5.37. The number of carbonyl (C=O) groups excluding carboxylic acids is 2. The van der Waals surface area contributed by atoms with Crippen molar-refractivity contribution in [2.24, 2.45) is 0 Å². The number of benzene rings is 1. The zero-order valence-electron chi connectivity index (χ0n) is 17.1. The average molecular weight is 396 g/mol. The third-order valence-electron chi connectivity index (χ3n) is 5.22. The fraction of sp³-hybridized carbons (Fsp3) is 0.409. The molecule has 0 saturated carbocycles. The van der Waals surface area contributed by atoms with Gasteiger partial charge in [-0.25, -0.2) is 4.98 Å². The lowest BCUT2D eigenvalue weighted by Gasteiger charge is -2.36. The number of methoxy groups -OCH3 is 1. The minimum Gasteiger partial charge on any atom is -0.496 e. The first-order valence-corrected chi connectivity index (χ1v) is 9.89. The van der Waals surface area contributed by atoms with E-state index in [1.807, 2.05) is 47.4 Å². The van der Waals surface area contributed by atoms with Gasteiger partial charge in [-0.15, -0.1) is 0 Å². The molecule has 29 heavy (non-hydrogen) atoms. The predicted octanol–water partition coefficient (Wildman–Crippen LogP) is 1.83. The fourth-order valence-electron chi connectivity index (χ4n) is 3.50. The van der Waals surface area contributed by atoms with Gasteiger partial charge in [0, 0.05) is 45.8 Å². The smallest absolute Gasteiger partial charge is 0.242 e. The third kappa shape index (κ3) is 5.47. The van der Waals surface area contributed by atoms with Crippen molar-refractivity contribution in [3.63, 3.8) is 0 Å². The summed E-state index contributed by atoms with van der Waals surface area (Å²) in [5.74, 6) is 1.62. The Morgan fingerprint density at radius 2 is 1.79 bits per heavy atom. The van der Waals surface area contributed by atoms with Crippen LogP contribution in [0.1, 0.15) is 12.5 Å². The Labute approximate surface area is 171 Å². The van der Waals surface area contributed by atoms with Gasteiger partial charge in [0.25, 0.3) is 0 Å².